The zero-order valence-corrected chi connectivity index (χ0v) is 15.7. The molecule has 1 aliphatic rings. The number of thiazole rings is 1. The lowest BCUT2D eigenvalue weighted by molar-refractivity contribution is -0.116. The van der Waals surface area contributed by atoms with Gasteiger partial charge in [0, 0.05) is 11.8 Å². The first-order chi connectivity index (χ1) is 12.6. The molecule has 3 rings (SSSR count). The molecule has 0 radical (unpaired) electrons. The van der Waals surface area contributed by atoms with Gasteiger partial charge in [-0.15, -0.1) is 11.3 Å². The largest absolute Gasteiger partial charge is 0.497 e. The van der Waals surface area contributed by atoms with Crippen LogP contribution in [0, 0.1) is 0 Å². The van der Waals surface area contributed by atoms with E-state index in [-0.39, 0.29) is 17.5 Å². The van der Waals surface area contributed by atoms with Gasteiger partial charge in [0.05, 0.1) is 13.7 Å². The van der Waals surface area contributed by atoms with Crippen LogP contribution in [0.3, 0.4) is 0 Å². The number of carbonyl (C=O) groups is 2. The van der Waals surface area contributed by atoms with Crippen LogP contribution in [-0.2, 0) is 16.0 Å². The number of ether oxygens (including phenoxy) is 2. The summed E-state index contributed by atoms with van der Waals surface area (Å²) >= 11 is 1.22. The Hall–Kier alpha value is -2.41. The maximum Gasteiger partial charge on any atom is 0.357 e. The highest BCUT2D eigenvalue weighted by atomic mass is 32.1. The van der Waals surface area contributed by atoms with Gasteiger partial charge >= 0.3 is 5.97 Å². The fraction of sp³-hybridized carbons (Fsp3) is 0.421. The average molecular weight is 374 g/mol. The van der Waals surface area contributed by atoms with Crippen LogP contribution in [0.15, 0.2) is 23.6 Å². The van der Waals surface area contributed by atoms with E-state index in [4.69, 9.17) is 9.47 Å². The monoisotopic (exact) mass is 374 g/mol. The van der Waals surface area contributed by atoms with Crippen molar-refractivity contribution in [2.75, 3.05) is 19.0 Å². The van der Waals surface area contributed by atoms with Crippen molar-refractivity contribution in [1.29, 1.82) is 0 Å². The highest BCUT2D eigenvalue weighted by Gasteiger charge is 2.23. The highest BCUT2D eigenvalue weighted by Crippen LogP contribution is 2.36. The maximum absolute atomic E-state index is 12.4. The molecule has 26 heavy (non-hydrogen) atoms. The second kappa shape index (κ2) is 8.31. The number of esters is 1. The van der Waals surface area contributed by atoms with E-state index in [0.29, 0.717) is 18.2 Å². The fourth-order valence-electron chi connectivity index (χ4n) is 3.25. The van der Waals surface area contributed by atoms with Crippen LogP contribution in [0.4, 0.5) is 5.13 Å². The van der Waals surface area contributed by atoms with Crippen LogP contribution in [-0.4, -0.2) is 30.6 Å². The third kappa shape index (κ3) is 4.22. The van der Waals surface area contributed by atoms with Crippen LogP contribution in [0.5, 0.6) is 5.75 Å². The van der Waals surface area contributed by atoms with Gasteiger partial charge in [-0.25, -0.2) is 9.78 Å². The average Bonchev–Trinajstić information content (AvgIpc) is 3.10. The topological polar surface area (TPSA) is 77.5 Å². The van der Waals surface area contributed by atoms with Gasteiger partial charge in [-0.2, -0.15) is 0 Å². The van der Waals surface area contributed by atoms with Gasteiger partial charge in [0.25, 0.3) is 0 Å². The van der Waals surface area contributed by atoms with Crippen molar-refractivity contribution >= 4 is 28.3 Å². The van der Waals surface area contributed by atoms with E-state index < -0.39 is 5.97 Å². The molecule has 0 spiro atoms. The lowest BCUT2D eigenvalue weighted by Gasteiger charge is -2.25. The summed E-state index contributed by atoms with van der Waals surface area (Å²) in [6.45, 7) is 2.04. The van der Waals surface area contributed by atoms with Crippen LogP contribution in [0.25, 0.3) is 0 Å². The number of fused-ring (bicyclic) bond motifs is 1. The molecule has 1 heterocycles. The lowest BCUT2D eigenvalue weighted by Crippen LogP contribution is -2.19. The summed E-state index contributed by atoms with van der Waals surface area (Å²) in [6.07, 6.45) is 3.45. The van der Waals surface area contributed by atoms with Crippen molar-refractivity contribution in [2.24, 2.45) is 0 Å². The number of aryl methyl sites for hydroxylation is 1. The molecule has 1 atom stereocenters. The SMILES string of the molecule is CCOC(=O)c1csc(NC(=O)CC2CCCc3cc(OC)ccc32)n1. The van der Waals surface area contributed by atoms with Crippen LogP contribution >= 0.6 is 11.3 Å². The van der Waals surface area contributed by atoms with Gasteiger partial charge in [-0.1, -0.05) is 6.07 Å². The number of amides is 1. The van der Waals surface area contributed by atoms with E-state index in [9.17, 15) is 9.59 Å². The molecule has 0 aliphatic heterocycles. The number of aromatic nitrogens is 1. The van der Waals surface area contributed by atoms with Crippen LogP contribution < -0.4 is 10.1 Å². The zero-order valence-electron chi connectivity index (χ0n) is 14.9. The number of anilines is 1. The summed E-state index contributed by atoms with van der Waals surface area (Å²) in [5, 5.41) is 4.81. The molecule has 1 N–H and O–H groups in total. The molecule has 1 aliphatic carbocycles. The van der Waals surface area contributed by atoms with E-state index in [1.165, 1.54) is 22.5 Å². The summed E-state index contributed by atoms with van der Waals surface area (Å²) in [4.78, 5) is 28.2. The number of hydrogen-bond acceptors (Lipinski definition) is 6. The quantitative estimate of drug-likeness (QED) is 0.779. The third-order valence-electron chi connectivity index (χ3n) is 4.46. The summed E-state index contributed by atoms with van der Waals surface area (Å²) in [5.41, 5.74) is 2.70. The molecule has 0 bridgehead atoms. The molecule has 0 saturated heterocycles. The van der Waals surface area contributed by atoms with E-state index >= 15 is 0 Å². The molecule has 1 amide bonds. The minimum absolute atomic E-state index is 0.0940. The Morgan fingerprint density at radius 1 is 1.38 bits per heavy atom. The molecule has 6 nitrogen and oxygen atoms in total. The van der Waals surface area contributed by atoms with Crippen molar-refractivity contribution in [3.05, 3.63) is 40.4 Å². The molecule has 0 saturated carbocycles. The van der Waals surface area contributed by atoms with Crippen LogP contribution in [0.1, 0.15) is 53.7 Å². The fourth-order valence-corrected chi connectivity index (χ4v) is 3.95. The number of methoxy groups -OCH3 is 1. The first kappa shape index (κ1) is 18.4. The number of hydrogen-bond donors (Lipinski definition) is 1. The Balaban J connectivity index is 1.63. The predicted octanol–water partition coefficient (Wildman–Crippen LogP) is 3.78. The third-order valence-corrected chi connectivity index (χ3v) is 5.21. The van der Waals surface area contributed by atoms with Crippen molar-refractivity contribution in [2.45, 2.75) is 38.5 Å². The second-order valence-corrected chi connectivity index (χ2v) is 7.02. The molecule has 138 valence electrons. The Morgan fingerprint density at radius 2 is 2.23 bits per heavy atom. The molecule has 1 unspecified atom stereocenters. The van der Waals surface area contributed by atoms with E-state index in [1.54, 1.807) is 19.4 Å². The van der Waals surface area contributed by atoms with E-state index in [1.807, 2.05) is 6.07 Å². The second-order valence-electron chi connectivity index (χ2n) is 6.16. The molecule has 2 aromatic rings. The summed E-state index contributed by atoms with van der Waals surface area (Å²) in [6, 6.07) is 6.07. The predicted molar refractivity (Wildman–Crippen MR) is 100.0 cm³/mol. The van der Waals surface area contributed by atoms with Crippen LogP contribution in [0.2, 0.25) is 0 Å². The Morgan fingerprint density at radius 3 is 3.00 bits per heavy atom. The number of carbonyl (C=O) groups excluding carboxylic acids is 2. The number of benzene rings is 1. The molecule has 0 fully saturated rings. The van der Waals surface area contributed by atoms with Gasteiger partial charge < -0.3 is 14.8 Å². The number of nitrogens with zero attached hydrogens (tertiary/aromatic N) is 1. The molecule has 1 aromatic heterocycles. The van der Waals surface area contributed by atoms with Gasteiger partial charge in [0.1, 0.15) is 5.75 Å². The Labute approximate surface area is 156 Å². The van der Waals surface area contributed by atoms with Gasteiger partial charge in [0.2, 0.25) is 5.91 Å². The first-order valence-corrected chi connectivity index (χ1v) is 9.58. The van der Waals surface area contributed by atoms with Crippen molar-refractivity contribution in [3.8, 4) is 5.75 Å². The van der Waals surface area contributed by atoms with Gasteiger partial charge in [-0.3, -0.25) is 4.79 Å². The summed E-state index contributed by atoms with van der Waals surface area (Å²) in [5.74, 6) is 0.472. The minimum atomic E-state index is -0.473. The molecule has 1 aromatic carbocycles. The Bertz CT molecular complexity index is 803. The molecular weight excluding hydrogens is 352 g/mol. The van der Waals surface area contributed by atoms with Crippen molar-refractivity contribution in [3.63, 3.8) is 0 Å². The highest BCUT2D eigenvalue weighted by molar-refractivity contribution is 7.14. The van der Waals surface area contributed by atoms with E-state index in [0.717, 1.165) is 25.0 Å². The normalized spacial score (nSPS) is 15.8. The summed E-state index contributed by atoms with van der Waals surface area (Å²) < 4.78 is 10.2. The number of rotatable bonds is 6. The maximum atomic E-state index is 12.4. The minimum Gasteiger partial charge on any atom is -0.497 e. The van der Waals surface area contributed by atoms with Gasteiger partial charge in [0.15, 0.2) is 10.8 Å². The van der Waals surface area contributed by atoms with Crippen molar-refractivity contribution in [1.82, 2.24) is 4.98 Å². The van der Waals surface area contributed by atoms with Gasteiger partial charge in [-0.05, 0) is 55.4 Å². The Kier molecular flexibility index (Phi) is 5.88. The van der Waals surface area contributed by atoms with E-state index in [2.05, 4.69) is 22.4 Å². The zero-order chi connectivity index (χ0) is 18.5. The summed E-state index contributed by atoms with van der Waals surface area (Å²) in [7, 11) is 1.66. The standard InChI is InChI=1S/C19H22N2O4S/c1-3-25-18(23)16-11-26-19(20-16)21-17(22)10-13-6-4-5-12-9-14(24-2)7-8-15(12)13/h7-9,11,13H,3-6,10H2,1-2H3,(H,20,21,22). The first-order valence-electron chi connectivity index (χ1n) is 8.70. The molecule has 7 heteroatoms. The molecular formula is C19H22N2O4S. The lowest BCUT2D eigenvalue weighted by atomic mass is 9.81. The number of nitrogens with one attached hydrogen (secondary N) is 1. The smallest absolute Gasteiger partial charge is 0.357 e. The van der Waals surface area contributed by atoms with Crippen molar-refractivity contribution < 1.29 is 19.1 Å².